The Morgan fingerprint density at radius 2 is 1.96 bits per heavy atom. The van der Waals surface area contributed by atoms with Crippen molar-refractivity contribution < 1.29 is 9.53 Å². The maximum absolute atomic E-state index is 11.7. The third kappa shape index (κ3) is 5.80. The molecule has 0 radical (unpaired) electrons. The number of hydrogen-bond acceptors (Lipinski definition) is 3. The smallest absolute Gasteiger partial charge is 0.409 e. The van der Waals surface area contributed by atoms with E-state index in [9.17, 15) is 4.79 Å². The summed E-state index contributed by atoms with van der Waals surface area (Å²) in [6.07, 6.45) is 1.42. The number of nitrogens with zero attached hydrogens (tertiary/aromatic N) is 2. The first-order valence-electron chi connectivity index (χ1n) is 9.06. The van der Waals surface area contributed by atoms with E-state index in [1.165, 1.54) is 5.56 Å². The average molecular weight is 381 g/mol. The lowest BCUT2D eigenvalue weighted by Crippen LogP contribution is -2.48. The molecule has 1 fully saturated rings. The van der Waals surface area contributed by atoms with E-state index in [4.69, 9.17) is 22.1 Å². The van der Waals surface area contributed by atoms with Crippen LogP contribution in [0.4, 0.5) is 4.79 Å². The minimum Gasteiger partial charge on any atom is -0.450 e. The van der Waals surface area contributed by atoms with Crippen molar-refractivity contribution in [2.75, 3.05) is 26.2 Å². The summed E-state index contributed by atoms with van der Waals surface area (Å²) in [4.78, 5) is 18.0. The Balaban J connectivity index is 1.83. The third-order valence-corrected chi connectivity index (χ3v) is 4.90. The molecule has 26 heavy (non-hydrogen) atoms. The SMILES string of the molecule is CCOC(=O)N1CCC(NC(N)=NCC(C)(C)c2ccc(Cl)cc2)CC1. The van der Waals surface area contributed by atoms with E-state index in [0.717, 1.165) is 17.9 Å². The number of rotatable bonds is 5. The molecule has 1 aliphatic rings. The first-order valence-corrected chi connectivity index (χ1v) is 9.44. The van der Waals surface area contributed by atoms with Crippen molar-refractivity contribution in [2.45, 2.75) is 45.1 Å². The van der Waals surface area contributed by atoms with Crippen molar-refractivity contribution >= 4 is 23.7 Å². The number of carbonyl (C=O) groups excluding carboxylic acids is 1. The number of nitrogens with two attached hydrogens (primary N) is 1. The molecule has 0 bridgehead atoms. The number of ether oxygens (including phenoxy) is 1. The van der Waals surface area contributed by atoms with Gasteiger partial charge in [-0.25, -0.2) is 4.79 Å². The van der Waals surface area contributed by atoms with Crippen LogP contribution in [0.15, 0.2) is 29.3 Å². The summed E-state index contributed by atoms with van der Waals surface area (Å²) < 4.78 is 5.03. The standard InChI is InChI=1S/C19H29ClN4O2/c1-4-26-18(25)24-11-9-16(10-12-24)23-17(21)22-13-19(2,3)14-5-7-15(20)8-6-14/h5-8,16H,4,9-13H2,1-3H3,(H3,21,22,23). The molecular formula is C19H29ClN4O2. The minimum absolute atomic E-state index is 0.135. The molecule has 0 atom stereocenters. The van der Waals surface area contributed by atoms with Gasteiger partial charge < -0.3 is 20.7 Å². The number of amides is 1. The Morgan fingerprint density at radius 1 is 1.35 bits per heavy atom. The Labute approximate surface area is 160 Å². The highest BCUT2D eigenvalue weighted by molar-refractivity contribution is 6.30. The van der Waals surface area contributed by atoms with Gasteiger partial charge in [0.15, 0.2) is 5.96 Å². The second-order valence-corrected chi connectivity index (χ2v) is 7.63. The summed E-state index contributed by atoms with van der Waals surface area (Å²) in [5.41, 5.74) is 7.10. The van der Waals surface area contributed by atoms with E-state index in [0.29, 0.717) is 32.2 Å². The molecule has 144 valence electrons. The van der Waals surface area contributed by atoms with Gasteiger partial charge in [-0.2, -0.15) is 0 Å². The Bertz CT molecular complexity index is 623. The Kier molecular flexibility index (Phi) is 7.14. The molecule has 1 aromatic carbocycles. The number of hydrogen-bond donors (Lipinski definition) is 2. The van der Waals surface area contributed by atoms with Crippen LogP contribution in [0.1, 0.15) is 39.2 Å². The molecule has 1 heterocycles. The van der Waals surface area contributed by atoms with Crippen LogP contribution in [0.25, 0.3) is 0 Å². The molecule has 3 N–H and O–H groups in total. The molecule has 1 aliphatic heterocycles. The zero-order valence-corrected chi connectivity index (χ0v) is 16.6. The van der Waals surface area contributed by atoms with Crippen molar-refractivity contribution in [3.8, 4) is 0 Å². The summed E-state index contributed by atoms with van der Waals surface area (Å²) in [7, 11) is 0. The molecule has 6 nitrogen and oxygen atoms in total. The summed E-state index contributed by atoms with van der Waals surface area (Å²) in [6.45, 7) is 8.39. The number of piperidine rings is 1. The van der Waals surface area contributed by atoms with Crippen molar-refractivity contribution in [1.29, 1.82) is 0 Å². The van der Waals surface area contributed by atoms with Crippen LogP contribution in [0, 0.1) is 0 Å². The molecule has 1 aromatic rings. The first kappa shape index (κ1) is 20.4. The molecular weight excluding hydrogens is 352 g/mol. The van der Waals surface area contributed by atoms with E-state index in [2.05, 4.69) is 24.2 Å². The average Bonchev–Trinajstić information content (AvgIpc) is 2.61. The zero-order chi connectivity index (χ0) is 19.2. The summed E-state index contributed by atoms with van der Waals surface area (Å²) in [5, 5.41) is 4.00. The van der Waals surface area contributed by atoms with Gasteiger partial charge in [0, 0.05) is 29.6 Å². The van der Waals surface area contributed by atoms with E-state index < -0.39 is 0 Å². The largest absolute Gasteiger partial charge is 0.450 e. The number of nitrogens with one attached hydrogen (secondary N) is 1. The normalized spacial score (nSPS) is 16.5. The molecule has 0 saturated carbocycles. The molecule has 0 aliphatic carbocycles. The molecule has 0 unspecified atom stereocenters. The van der Waals surface area contributed by atoms with E-state index in [1.807, 2.05) is 31.2 Å². The first-order chi connectivity index (χ1) is 12.3. The summed E-state index contributed by atoms with van der Waals surface area (Å²) in [5.74, 6) is 0.446. The molecule has 0 aromatic heterocycles. The van der Waals surface area contributed by atoms with Gasteiger partial charge in [0.1, 0.15) is 0 Å². The highest BCUT2D eigenvalue weighted by Crippen LogP contribution is 2.25. The van der Waals surface area contributed by atoms with Gasteiger partial charge in [0.05, 0.1) is 13.2 Å². The topological polar surface area (TPSA) is 80.0 Å². The molecule has 2 rings (SSSR count). The van der Waals surface area contributed by atoms with E-state index in [-0.39, 0.29) is 17.6 Å². The van der Waals surface area contributed by atoms with Crippen LogP contribution in [0.3, 0.4) is 0 Å². The molecule has 1 saturated heterocycles. The fraction of sp³-hybridized carbons (Fsp3) is 0.579. The van der Waals surface area contributed by atoms with Crippen LogP contribution in [0.2, 0.25) is 5.02 Å². The van der Waals surface area contributed by atoms with Crippen molar-refractivity contribution in [2.24, 2.45) is 10.7 Å². The number of benzene rings is 1. The van der Waals surface area contributed by atoms with Gasteiger partial charge in [-0.1, -0.05) is 37.6 Å². The second-order valence-electron chi connectivity index (χ2n) is 7.20. The van der Waals surface area contributed by atoms with Crippen LogP contribution < -0.4 is 11.1 Å². The van der Waals surface area contributed by atoms with Crippen LogP contribution in [-0.4, -0.2) is 49.2 Å². The number of carbonyl (C=O) groups is 1. The quantitative estimate of drug-likeness (QED) is 0.607. The van der Waals surface area contributed by atoms with Gasteiger partial charge in [0.2, 0.25) is 0 Å². The Morgan fingerprint density at radius 3 is 2.54 bits per heavy atom. The molecule has 1 amide bonds. The van der Waals surface area contributed by atoms with Crippen LogP contribution in [-0.2, 0) is 10.2 Å². The maximum Gasteiger partial charge on any atom is 0.409 e. The van der Waals surface area contributed by atoms with E-state index >= 15 is 0 Å². The van der Waals surface area contributed by atoms with Crippen molar-refractivity contribution in [3.05, 3.63) is 34.9 Å². The predicted molar refractivity (Wildman–Crippen MR) is 106 cm³/mol. The lowest BCUT2D eigenvalue weighted by atomic mass is 9.85. The van der Waals surface area contributed by atoms with Gasteiger partial charge in [-0.05, 0) is 37.5 Å². The maximum atomic E-state index is 11.7. The highest BCUT2D eigenvalue weighted by Gasteiger charge is 2.24. The van der Waals surface area contributed by atoms with Gasteiger partial charge in [-0.15, -0.1) is 0 Å². The number of likely N-dealkylation sites (tertiary alicyclic amines) is 1. The van der Waals surface area contributed by atoms with Crippen molar-refractivity contribution in [1.82, 2.24) is 10.2 Å². The van der Waals surface area contributed by atoms with Crippen LogP contribution in [0.5, 0.6) is 0 Å². The number of guanidine groups is 1. The van der Waals surface area contributed by atoms with Crippen LogP contribution >= 0.6 is 11.6 Å². The van der Waals surface area contributed by atoms with E-state index in [1.54, 1.807) is 4.90 Å². The number of aliphatic imine (C=N–C) groups is 1. The monoisotopic (exact) mass is 380 g/mol. The van der Waals surface area contributed by atoms with Gasteiger partial charge in [0.25, 0.3) is 0 Å². The van der Waals surface area contributed by atoms with Gasteiger partial charge >= 0.3 is 6.09 Å². The van der Waals surface area contributed by atoms with Gasteiger partial charge in [-0.3, -0.25) is 4.99 Å². The molecule has 0 spiro atoms. The fourth-order valence-electron chi connectivity index (χ4n) is 2.95. The lowest BCUT2D eigenvalue weighted by Gasteiger charge is -2.32. The minimum atomic E-state index is -0.239. The fourth-order valence-corrected chi connectivity index (χ4v) is 3.08. The van der Waals surface area contributed by atoms with Crippen molar-refractivity contribution in [3.63, 3.8) is 0 Å². The Hall–Kier alpha value is -1.95. The number of halogens is 1. The third-order valence-electron chi connectivity index (χ3n) is 4.64. The predicted octanol–water partition coefficient (Wildman–Crippen LogP) is 3.14. The zero-order valence-electron chi connectivity index (χ0n) is 15.8. The summed E-state index contributed by atoms with van der Waals surface area (Å²) in [6, 6.07) is 8.05. The lowest BCUT2D eigenvalue weighted by molar-refractivity contribution is 0.0963. The summed E-state index contributed by atoms with van der Waals surface area (Å²) >= 11 is 5.96. The second kappa shape index (κ2) is 9.12. The molecule has 7 heteroatoms. The highest BCUT2D eigenvalue weighted by atomic mass is 35.5.